The van der Waals surface area contributed by atoms with Crippen molar-refractivity contribution in [2.45, 2.75) is 38.3 Å². The van der Waals surface area contributed by atoms with Gasteiger partial charge in [-0.2, -0.15) is 0 Å². The molecule has 146 valence electrons. The van der Waals surface area contributed by atoms with Crippen LogP contribution in [-0.2, 0) is 14.3 Å². The lowest BCUT2D eigenvalue weighted by molar-refractivity contribution is -0.122. The Kier molecular flexibility index (Phi) is 5.28. The Morgan fingerprint density at radius 2 is 2.04 bits per heavy atom. The molecule has 0 N–H and O–H groups in total. The van der Waals surface area contributed by atoms with Gasteiger partial charge in [0.05, 0.1) is 23.1 Å². The lowest BCUT2D eigenvalue weighted by atomic mass is 10.1. The summed E-state index contributed by atoms with van der Waals surface area (Å²) in [7, 11) is 0. The van der Waals surface area contributed by atoms with Gasteiger partial charge in [-0.25, -0.2) is 4.90 Å². The van der Waals surface area contributed by atoms with Crippen LogP contribution in [0.4, 0.5) is 5.69 Å². The molecule has 1 aromatic carbocycles. The van der Waals surface area contributed by atoms with Crippen LogP contribution in [0.3, 0.4) is 0 Å². The highest BCUT2D eigenvalue weighted by molar-refractivity contribution is 7.12. The van der Waals surface area contributed by atoms with E-state index in [4.69, 9.17) is 4.74 Å². The molecule has 4 rings (SSSR count). The quantitative estimate of drug-likeness (QED) is 0.726. The van der Waals surface area contributed by atoms with Crippen LogP contribution in [0.15, 0.2) is 41.8 Å². The van der Waals surface area contributed by atoms with Crippen LogP contribution in [0.2, 0.25) is 0 Å². The number of hydrogen-bond donors (Lipinski definition) is 0. The number of nitrogens with zero attached hydrogens (tertiary/aromatic N) is 2. The maximum Gasteiger partial charge on any atom is 0.264 e. The topological polar surface area (TPSA) is 66.9 Å². The van der Waals surface area contributed by atoms with Crippen LogP contribution in [-0.4, -0.2) is 47.9 Å². The van der Waals surface area contributed by atoms with Crippen molar-refractivity contribution in [2.75, 3.05) is 18.1 Å². The maximum atomic E-state index is 13.2. The van der Waals surface area contributed by atoms with E-state index in [1.54, 1.807) is 18.2 Å². The number of anilines is 1. The number of carbonyl (C=O) groups is 3. The van der Waals surface area contributed by atoms with E-state index >= 15 is 0 Å². The molecule has 0 radical (unpaired) electrons. The summed E-state index contributed by atoms with van der Waals surface area (Å²) in [5, 5.41) is 1.83. The van der Waals surface area contributed by atoms with Crippen LogP contribution in [0.25, 0.3) is 0 Å². The average Bonchev–Trinajstić information content (AvgIpc) is 3.43. The summed E-state index contributed by atoms with van der Waals surface area (Å²) in [5.74, 6) is -0.852. The highest BCUT2D eigenvalue weighted by atomic mass is 32.1. The van der Waals surface area contributed by atoms with Crippen molar-refractivity contribution in [3.05, 3.63) is 52.2 Å². The summed E-state index contributed by atoms with van der Waals surface area (Å²) >= 11 is 1.34. The summed E-state index contributed by atoms with van der Waals surface area (Å²) in [5.41, 5.74) is 1.59. The van der Waals surface area contributed by atoms with Gasteiger partial charge in [0.25, 0.3) is 11.8 Å². The number of thiophene rings is 1. The number of rotatable bonds is 5. The molecule has 2 fully saturated rings. The molecular weight excluding hydrogens is 376 g/mol. The largest absolute Gasteiger partial charge is 0.376 e. The van der Waals surface area contributed by atoms with Gasteiger partial charge in [-0.1, -0.05) is 23.8 Å². The zero-order valence-corrected chi connectivity index (χ0v) is 16.5. The Bertz CT molecular complexity index is 872. The van der Waals surface area contributed by atoms with Crippen LogP contribution in [0.1, 0.15) is 34.5 Å². The van der Waals surface area contributed by atoms with E-state index in [-0.39, 0.29) is 30.2 Å². The zero-order valence-electron chi connectivity index (χ0n) is 15.7. The molecule has 1 aromatic heterocycles. The molecule has 2 aliphatic heterocycles. The fourth-order valence-electron chi connectivity index (χ4n) is 3.73. The first-order chi connectivity index (χ1) is 13.5. The minimum Gasteiger partial charge on any atom is -0.376 e. The molecule has 2 saturated heterocycles. The number of hydrogen-bond acceptors (Lipinski definition) is 5. The summed E-state index contributed by atoms with van der Waals surface area (Å²) in [6.07, 6.45) is 1.69. The molecule has 2 aliphatic rings. The Morgan fingerprint density at radius 3 is 2.68 bits per heavy atom. The fraction of sp³-hybridized carbons (Fsp3) is 0.381. The van der Waals surface area contributed by atoms with Crippen molar-refractivity contribution in [1.82, 2.24) is 4.90 Å². The first-order valence-corrected chi connectivity index (χ1v) is 10.3. The molecule has 3 amide bonds. The van der Waals surface area contributed by atoms with Crippen molar-refractivity contribution >= 4 is 34.7 Å². The highest BCUT2D eigenvalue weighted by Crippen LogP contribution is 2.28. The Balaban J connectivity index is 1.61. The fourth-order valence-corrected chi connectivity index (χ4v) is 4.40. The summed E-state index contributed by atoms with van der Waals surface area (Å²) in [6, 6.07) is 10.0. The third-order valence-electron chi connectivity index (χ3n) is 5.21. The molecule has 7 heteroatoms. The van der Waals surface area contributed by atoms with E-state index in [9.17, 15) is 14.4 Å². The molecule has 28 heavy (non-hydrogen) atoms. The summed E-state index contributed by atoms with van der Waals surface area (Å²) in [4.78, 5) is 42.3. The van der Waals surface area contributed by atoms with Gasteiger partial charge >= 0.3 is 0 Å². The minimum atomic E-state index is -0.799. The number of amides is 3. The van der Waals surface area contributed by atoms with E-state index in [0.29, 0.717) is 23.7 Å². The lowest BCUT2D eigenvalue weighted by Crippen LogP contribution is -2.48. The van der Waals surface area contributed by atoms with Gasteiger partial charge in [0, 0.05) is 13.2 Å². The lowest BCUT2D eigenvalue weighted by Gasteiger charge is -2.29. The Hall–Kier alpha value is -2.51. The third kappa shape index (κ3) is 3.59. The number of imide groups is 1. The van der Waals surface area contributed by atoms with E-state index in [1.165, 1.54) is 21.1 Å². The molecule has 0 bridgehead atoms. The summed E-state index contributed by atoms with van der Waals surface area (Å²) < 4.78 is 5.70. The van der Waals surface area contributed by atoms with Gasteiger partial charge in [0.1, 0.15) is 6.04 Å². The van der Waals surface area contributed by atoms with E-state index in [1.807, 2.05) is 30.5 Å². The van der Waals surface area contributed by atoms with Crippen LogP contribution >= 0.6 is 11.3 Å². The molecule has 0 saturated carbocycles. The molecule has 6 nitrogen and oxygen atoms in total. The van der Waals surface area contributed by atoms with Crippen LogP contribution in [0, 0.1) is 6.92 Å². The summed E-state index contributed by atoms with van der Waals surface area (Å²) in [6.45, 7) is 2.93. The second kappa shape index (κ2) is 7.85. The molecule has 0 spiro atoms. The van der Waals surface area contributed by atoms with Crippen LogP contribution < -0.4 is 4.90 Å². The number of carbonyl (C=O) groups excluding carboxylic acids is 3. The van der Waals surface area contributed by atoms with Gasteiger partial charge in [-0.15, -0.1) is 11.3 Å². The average molecular weight is 398 g/mol. The molecule has 3 heterocycles. The van der Waals surface area contributed by atoms with E-state index in [2.05, 4.69) is 0 Å². The van der Waals surface area contributed by atoms with Gasteiger partial charge in [0.2, 0.25) is 5.91 Å². The molecular formula is C21H22N2O4S. The van der Waals surface area contributed by atoms with Gasteiger partial charge in [0.15, 0.2) is 0 Å². The highest BCUT2D eigenvalue weighted by Gasteiger charge is 2.45. The van der Waals surface area contributed by atoms with Crippen molar-refractivity contribution in [3.8, 4) is 0 Å². The Labute approximate surface area is 167 Å². The number of ether oxygens (including phenoxy) is 1. The molecule has 2 atom stereocenters. The Morgan fingerprint density at radius 1 is 1.25 bits per heavy atom. The predicted octanol–water partition coefficient (Wildman–Crippen LogP) is 3.01. The zero-order chi connectivity index (χ0) is 19.7. The van der Waals surface area contributed by atoms with Gasteiger partial charge in [-0.3, -0.25) is 14.4 Å². The standard InChI is InChI=1S/C21H22N2O4S/c1-14-6-8-15(9-7-14)23-19(24)12-17(20(23)25)22(13-16-4-2-10-27-16)21(26)18-5-3-11-28-18/h3,5-9,11,16-17H,2,4,10,12-13H2,1H3. The normalized spacial score (nSPS) is 22.1. The minimum absolute atomic E-state index is 0.00343. The SMILES string of the molecule is Cc1ccc(N2C(=O)CC(N(CC3CCCO3)C(=O)c3cccs3)C2=O)cc1. The number of aryl methyl sites for hydroxylation is 1. The third-order valence-corrected chi connectivity index (χ3v) is 6.07. The first kappa shape index (κ1) is 18.8. The molecule has 0 aliphatic carbocycles. The van der Waals surface area contributed by atoms with E-state index < -0.39 is 6.04 Å². The monoisotopic (exact) mass is 398 g/mol. The van der Waals surface area contributed by atoms with Crippen molar-refractivity contribution in [3.63, 3.8) is 0 Å². The second-order valence-corrected chi connectivity index (χ2v) is 8.14. The van der Waals surface area contributed by atoms with Gasteiger partial charge < -0.3 is 9.64 Å². The van der Waals surface area contributed by atoms with Crippen molar-refractivity contribution < 1.29 is 19.1 Å². The van der Waals surface area contributed by atoms with Crippen LogP contribution in [0.5, 0.6) is 0 Å². The van der Waals surface area contributed by atoms with Crippen molar-refractivity contribution in [1.29, 1.82) is 0 Å². The number of benzene rings is 1. The smallest absolute Gasteiger partial charge is 0.264 e. The van der Waals surface area contributed by atoms with E-state index in [0.717, 1.165) is 18.4 Å². The van der Waals surface area contributed by atoms with Crippen molar-refractivity contribution in [2.24, 2.45) is 0 Å². The molecule has 2 aromatic rings. The predicted molar refractivity (Wildman–Crippen MR) is 106 cm³/mol. The first-order valence-electron chi connectivity index (χ1n) is 9.44. The maximum absolute atomic E-state index is 13.2. The van der Waals surface area contributed by atoms with Gasteiger partial charge in [-0.05, 0) is 43.3 Å². The second-order valence-electron chi connectivity index (χ2n) is 7.19. The molecule has 2 unspecified atom stereocenters.